The second kappa shape index (κ2) is 8.44. The molecule has 3 aromatic carbocycles. The average Bonchev–Trinajstić information content (AvgIpc) is 2.77. The Kier molecular flexibility index (Phi) is 5.54. The second-order valence-electron chi connectivity index (χ2n) is 7.39. The quantitative estimate of drug-likeness (QED) is 0.302. The molecule has 156 valence electrons. The van der Waals surface area contributed by atoms with E-state index in [1.807, 2.05) is 50.2 Å². The fourth-order valence-electron chi connectivity index (χ4n) is 3.48. The molecule has 1 amide bonds. The van der Waals surface area contributed by atoms with E-state index in [2.05, 4.69) is 5.32 Å². The minimum atomic E-state index is -0.598. The molecule has 6 nitrogen and oxygen atoms in total. The first-order valence-corrected chi connectivity index (χ1v) is 9.88. The van der Waals surface area contributed by atoms with Crippen LogP contribution in [0.15, 0.2) is 69.9 Å². The molecular weight excluding hydrogens is 394 g/mol. The third-order valence-corrected chi connectivity index (χ3v) is 5.27. The largest absolute Gasteiger partial charge is 0.459 e. The number of hydrogen-bond donors (Lipinski definition) is 1. The summed E-state index contributed by atoms with van der Waals surface area (Å²) in [6.45, 7) is 3.51. The third-order valence-electron chi connectivity index (χ3n) is 5.27. The summed E-state index contributed by atoms with van der Waals surface area (Å²) >= 11 is 0. The van der Waals surface area contributed by atoms with E-state index >= 15 is 0 Å². The van der Waals surface area contributed by atoms with Crippen LogP contribution in [-0.4, -0.2) is 18.4 Å². The van der Waals surface area contributed by atoms with E-state index in [1.165, 1.54) is 6.07 Å². The monoisotopic (exact) mass is 415 g/mol. The SMILES string of the molecule is Cc1ccc(C(=O)NCC(=O)OCc2cc(=O)oc3ccc4ccccc4c23)cc1C. The fourth-order valence-corrected chi connectivity index (χ4v) is 3.48. The molecule has 6 heteroatoms. The molecular formula is C25H21NO5. The van der Waals surface area contributed by atoms with Crippen LogP contribution in [0.5, 0.6) is 0 Å². The van der Waals surface area contributed by atoms with Crippen molar-refractivity contribution < 1.29 is 18.7 Å². The number of rotatable bonds is 5. The zero-order valence-electron chi connectivity index (χ0n) is 17.2. The minimum Gasteiger partial charge on any atom is -0.459 e. The van der Waals surface area contributed by atoms with E-state index in [9.17, 15) is 14.4 Å². The molecule has 0 fully saturated rings. The molecule has 4 aromatic rings. The number of ether oxygens (including phenoxy) is 1. The number of esters is 1. The van der Waals surface area contributed by atoms with Gasteiger partial charge in [0.25, 0.3) is 5.91 Å². The molecule has 0 unspecified atom stereocenters. The van der Waals surface area contributed by atoms with Crippen LogP contribution >= 0.6 is 0 Å². The number of aryl methyl sites for hydroxylation is 2. The number of carbonyl (C=O) groups is 2. The highest BCUT2D eigenvalue weighted by atomic mass is 16.5. The Morgan fingerprint density at radius 3 is 2.58 bits per heavy atom. The average molecular weight is 415 g/mol. The highest BCUT2D eigenvalue weighted by Gasteiger charge is 2.13. The van der Waals surface area contributed by atoms with E-state index in [4.69, 9.17) is 9.15 Å². The van der Waals surface area contributed by atoms with Crippen LogP contribution in [-0.2, 0) is 16.1 Å². The van der Waals surface area contributed by atoms with Gasteiger partial charge in [0.05, 0.1) is 0 Å². The molecule has 0 atom stereocenters. The first-order chi connectivity index (χ1) is 14.9. The van der Waals surface area contributed by atoms with Gasteiger partial charge in [-0.1, -0.05) is 36.4 Å². The Labute approximate surface area is 178 Å². The molecule has 31 heavy (non-hydrogen) atoms. The van der Waals surface area contributed by atoms with Gasteiger partial charge >= 0.3 is 11.6 Å². The Hall–Kier alpha value is -3.93. The van der Waals surface area contributed by atoms with Crippen molar-refractivity contribution in [1.82, 2.24) is 5.32 Å². The zero-order valence-corrected chi connectivity index (χ0v) is 17.2. The van der Waals surface area contributed by atoms with Crippen LogP contribution in [0.3, 0.4) is 0 Å². The summed E-state index contributed by atoms with van der Waals surface area (Å²) in [6, 6.07) is 18.0. The topological polar surface area (TPSA) is 85.6 Å². The van der Waals surface area contributed by atoms with Crippen molar-refractivity contribution in [2.75, 3.05) is 6.54 Å². The van der Waals surface area contributed by atoms with Crippen LogP contribution in [0.4, 0.5) is 0 Å². The molecule has 0 spiro atoms. The van der Waals surface area contributed by atoms with Crippen molar-refractivity contribution in [2.45, 2.75) is 20.5 Å². The maximum absolute atomic E-state index is 12.3. The van der Waals surface area contributed by atoms with E-state index in [0.29, 0.717) is 16.7 Å². The molecule has 0 aliphatic rings. The summed E-state index contributed by atoms with van der Waals surface area (Å²) in [5, 5.41) is 5.18. The van der Waals surface area contributed by atoms with E-state index in [0.717, 1.165) is 27.3 Å². The van der Waals surface area contributed by atoms with Gasteiger partial charge in [-0.3, -0.25) is 9.59 Å². The van der Waals surface area contributed by atoms with Crippen molar-refractivity contribution in [1.29, 1.82) is 0 Å². The maximum atomic E-state index is 12.3. The lowest BCUT2D eigenvalue weighted by Gasteiger charge is -2.10. The molecule has 0 saturated carbocycles. The summed E-state index contributed by atoms with van der Waals surface area (Å²) in [4.78, 5) is 36.4. The molecule has 1 heterocycles. The molecule has 4 rings (SSSR count). The van der Waals surface area contributed by atoms with Crippen molar-refractivity contribution in [3.8, 4) is 0 Å². The normalized spacial score (nSPS) is 10.9. The van der Waals surface area contributed by atoms with Crippen molar-refractivity contribution in [2.24, 2.45) is 0 Å². The third kappa shape index (κ3) is 4.33. The number of benzene rings is 3. The van der Waals surface area contributed by atoms with E-state index < -0.39 is 11.6 Å². The number of hydrogen-bond acceptors (Lipinski definition) is 5. The summed E-state index contributed by atoms with van der Waals surface area (Å²) in [7, 11) is 0. The Bertz CT molecular complexity index is 1370. The number of nitrogens with one attached hydrogen (secondary N) is 1. The summed E-state index contributed by atoms with van der Waals surface area (Å²) in [6.07, 6.45) is 0. The van der Waals surface area contributed by atoms with E-state index in [-0.39, 0.29) is 19.1 Å². The summed E-state index contributed by atoms with van der Waals surface area (Å²) in [5.74, 6) is -0.948. The summed E-state index contributed by atoms with van der Waals surface area (Å²) < 4.78 is 10.6. The Morgan fingerprint density at radius 1 is 0.968 bits per heavy atom. The molecule has 0 bridgehead atoms. The standard InChI is InChI=1S/C25H21NO5/c1-15-7-8-18(11-16(15)2)25(29)26-13-23(28)30-14-19-12-22(27)31-21-10-9-17-5-3-4-6-20(17)24(19)21/h3-12H,13-14H2,1-2H3,(H,26,29). The first-order valence-electron chi connectivity index (χ1n) is 9.88. The van der Waals surface area contributed by atoms with Crippen molar-refractivity contribution in [3.63, 3.8) is 0 Å². The lowest BCUT2D eigenvalue weighted by atomic mass is 10.0. The molecule has 0 saturated heterocycles. The highest BCUT2D eigenvalue weighted by molar-refractivity contribution is 6.07. The summed E-state index contributed by atoms with van der Waals surface area (Å²) in [5.41, 5.74) is 3.03. The number of carbonyl (C=O) groups excluding carboxylic acids is 2. The molecule has 1 N–H and O–H groups in total. The lowest BCUT2D eigenvalue weighted by Crippen LogP contribution is -2.30. The van der Waals surface area contributed by atoms with Crippen LogP contribution in [0.25, 0.3) is 21.7 Å². The number of amides is 1. The van der Waals surface area contributed by atoms with Crippen LogP contribution in [0.2, 0.25) is 0 Å². The smallest absolute Gasteiger partial charge is 0.336 e. The van der Waals surface area contributed by atoms with Gasteiger partial charge in [0, 0.05) is 22.6 Å². The zero-order chi connectivity index (χ0) is 22.0. The minimum absolute atomic E-state index is 0.103. The lowest BCUT2D eigenvalue weighted by molar-refractivity contribution is -0.143. The Morgan fingerprint density at radius 2 is 1.77 bits per heavy atom. The van der Waals surface area contributed by atoms with E-state index in [1.54, 1.807) is 18.2 Å². The molecule has 0 radical (unpaired) electrons. The second-order valence-corrected chi connectivity index (χ2v) is 7.39. The maximum Gasteiger partial charge on any atom is 0.336 e. The van der Waals surface area contributed by atoms with Gasteiger partial charge in [0.15, 0.2) is 0 Å². The first kappa shape index (κ1) is 20.3. The predicted octanol–water partition coefficient (Wildman–Crippen LogP) is 4.04. The van der Waals surface area contributed by atoms with Gasteiger partial charge in [-0.05, 0) is 53.9 Å². The predicted molar refractivity (Wildman–Crippen MR) is 118 cm³/mol. The highest BCUT2D eigenvalue weighted by Crippen LogP contribution is 2.27. The van der Waals surface area contributed by atoms with Gasteiger partial charge in [-0.15, -0.1) is 0 Å². The molecule has 1 aromatic heterocycles. The van der Waals surface area contributed by atoms with Crippen LogP contribution in [0, 0.1) is 13.8 Å². The fraction of sp³-hybridized carbons (Fsp3) is 0.160. The van der Waals surface area contributed by atoms with Crippen molar-refractivity contribution >= 4 is 33.6 Å². The van der Waals surface area contributed by atoms with Crippen LogP contribution in [0.1, 0.15) is 27.0 Å². The molecule has 0 aliphatic carbocycles. The Balaban J connectivity index is 1.48. The van der Waals surface area contributed by atoms with Crippen molar-refractivity contribution in [3.05, 3.63) is 93.3 Å². The molecule has 0 aliphatic heterocycles. The van der Waals surface area contributed by atoms with Gasteiger partial charge in [0.2, 0.25) is 0 Å². The van der Waals surface area contributed by atoms with Gasteiger partial charge in [-0.25, -0.2) is 4.79 Å². The van der Waals surface area contributed by atoms with Gasteiger partial charge in [0.1, 0.15) is 18.7 Å². The van der Waals surface area contributed by atoms with Crippen LogP contribution < -0.4 is 10.9 Å². The number of fused-ring (bicyclic) bond motifs is 3. The van der Waals surface area contributed by atoms with Gasteiger partial charge < -0.3 is 14.5 Å². The van der Waals surface area contributed by atoms with Gasteiger partial charge in [-0.2, -0.15) is 0 Å².